The fourth-order valence-corrected chi connectivity index (χ4v) is 3.99. The van der Waals surface area contributed by atoms with E-state index in [1.165, 1.54) is 0 Å². The molecule has 0 saturated heterocycles. The van der Waals surface area contributed by atoms with Crippen molar-refractivity contribution in [2.45, 2.75) is 31.2 Å². The van der Waals surface area contributed by atoms with Crippen LogP contribution in [-0.2, 0) is 27.8 Å². The van der Waals surface area contributed by atoms with Gasteiger partial charge >= 0.3 is 0 Å². The summed E-state index contributed by atoms with van der Waals surface area (Å²) in [5.74, 6) is 0.652. The van der Waals surface area contributed by atoms with E-state index in [0.29, 0.717) is 25.1 Å². The first-order chi connectivity index (χ1) is 15.0. The normalized spacial score (nSPS) is 11.1. The molecule has 0 aromatic heterocycles. The van der Waals surface area contributed by atoms with Crippen molar-refractivity contribution in [3.8, 4) is 5.75 Å². The van der Waals surface area contributed by atoms with Crippen molar-refractivity contribution in [2.75, 3.05) is 11.9 Å². The summed E-state index contributed by atoms with van der Waals surface area (Å²) in [4.78, 5) is 12.4. The van der Waals surface area contributed by atoms with Crippen LogP contribution in [0.5, 0.6) is 5.75 Å². The number of anilines is 1. The van der Waals surface area contributed by atoms with E-state index in [1.807, 2.05) is 49.4 Å². The fourth-order valence-electron chi connectivity index (χ4n) is 2.98. The van der Waals surface area contributed by atoms with Crippen LogP contribution >= 0.6 is 0 Å². The Balaban J connectivity index is 1.49. The Hall–Kier alpha value is -3.16. The Morgan fingerprint density at radius 2 is 1.55 bits per heavy atom. The quantitative estimate of drug-likeness (QED) is 0.498. The second-order valence-corrected chi connectivity index (χ2v) is 8.73. The second kappa shape index (κ2) is 10.7. The number of hydrogen-bond donors (Lipinski definition) is 2. The van der Waals surface area contributed by atoms with E-state index >= 15 is 0 Å². The zero-order valence-corrected chi connectivity index (χ0v) is 18.2. The molecule has 0 aliphatic rings. The lowest BCUT2D eigenvalue weighted by atomic mass is 10.1. The van der Waals surface area contributed by atoms with Gasteiger partial charge in [-0.05, 0) is 60.9 Å². The Kier molecular flexibility index (Phi) is 7.81. The van der Waals surface area contributed by atoms with Crippen LogP contribution in [0.15, 0.2) is 83.8 Å². The second-order valence-electron chi connectivity index (χ2n) is 6.96. The van der Waals surface area contributed by atoms with E-state index < -0.39 is 10.0 Å². The molecule has 0 heterocycles. The van der Waals surface area contributed by atoms with Crippen LogP contribution in [-0.4, -0.2) is 20.9 Å². The third-order valence-corrected chi connectivity index (χ3v) is 6.05. The van der Waals surface area contributed by atoms with Crippen molar-refractivity contribution >= 4 is 21.6 Å². The Labute approximate surface area is 183 Å². The number of aryl methyl sites for hydroxylation is 1. The summed E-state index contributed by atoms with van der Waals surface area (Å²) in [6.45, 7) is 2.74. The van der Waals surface area contributed by atoms with Crippen molar-refractivity contribution in [2.24, 2.45) is 0 Å². The fraction of sp³-hybridized carbons (Fsp3) is 0.208. The van der Waals surface area contributed by atoms with Gasteiger partial charge in [0.25, 0.3) is 0 Å². The average molecular weight is 439 g/mol. The maximum Gasteiger partial charge on any atom is 0.240 e. The van der Waals surface area contributed by atoms with Gasteiger partial charge in [-0.25, -0.2) is 13.1 Å². The Morgan fingerprint density at radius 3 is 2.19 bits per heavy atom. The molecular formula is C24H26N2O4S. The molecule has 1 amide bonds. The molecule has 3 aromatic rings. The van der Waals surface area contributed by atoms with E-state index in [1.54, 1.807) is 36.4 Å². The monoisotopic (exact) mass is 438 g/mol. The molecule has 7 heteroatoms. The van der Waals surface area contributed by atoms with Crippen LogP contribution in [0.3, 0.4) is 0 Å². The topological polar surface area (TPSA) is 84.5 Å². The molecule has 0 radical (unpaired) electrons. The standard InChI is InChI=1S/C24H26N2O4S/c1-2-30-22-13-11-21(12-14-22)26-24(27)17-10-19-8-15-23(16-9-19)31(28,29)25-18-20-6-4-3-5-7-20/h3-9,11-16,25H,2,10,17-18H2,1H3,(H,26,27). The predicted octanol–water partition coefficient (Wildman–Crippen LogP) is 4.14. The van der Waals surface area contributed by atoms with Gasteiger partial charge in [0.2, 0.25) is 15.9 Å². The van der Waals surface area contributed by atoms with E-state index in [4.69, 9.17) is 4.74 Å². The highest BCUT2D eigenvalue weighted by Crippen LogP contribution is 2.17. The summed E-state index contributed by atoms with van der Waals surface area (Å²) < 4.78 is 32.9. The molecule has 0 unspecified atom stereocenters. The van der Waals surface area contributed by atoms with Gasteiger partial charge in [0, 0.05) is 18.7 Å². The van der Waals surface area contributed by atoms with Gasteiger partial charge in [-0.3, -0.25) is 4.79 Å². The van der Waals surface area contributed by atoms with Gasteiger partial charge in [0.1, 0.15) is 5.75 Å². The summed E-state index contributed by atoms with van der Waals surface area (Å²) in [5, 5.41) is 2.85. The third kappa shape index (κ3) is 6.94. The van der Waals surface area contributed by atoms with Crippen LogP contribution in [0, 0.1) is 0 Å². The minimum absolute atomic E-state index is 0.106. The molecule has 0 fully saturated rings. The first kappa shape index (κ1) is 22.5. The maximum absolute atomic E-state index is 12.5. The third-order valence-electron chi connectivity index (χ3n) is 4.63. The van der Waals surface area contributed by atoms with Crippen LogP contribution in [0.25, 0.3) is 0 Å². The maximum atomic E-state index is 12.5. The molecule has 0 atom stereocenters. The van der Waals surface area contributed by atoms with E-state index in [9.17, 15) is 13.2 Å². The molecular weight excluding hydrogens is 412 g/mol. The molecule has 0 bridgehead atoms. The van der Waals surface area contributed by atoms with Gasteiger partial charge in [-0.1, -0.05) is 42.5 Å². The summed E-state index contributed by atoms with van der Waals surface area (Å²) in [7, 11) is -3.59. The molecule has 0 aliphatic heterocycles. The van der Waals surface area contributed by atoms with Crippen molar-refractivity contribution in [1.82, 2.24) is 4.72 Å². The number of carbonyl (C=O) groups is 1. The zero-order valence-electron chi connectivity index (χ0n) is 17.4. The molecule has 2 N–H and O–H groups in total. The SMILES string of the molecule is CCOc1ccc(NC(=O)CCc2ccc(S(=O)(=O)NCc3ccccc3)cc2)cc1. The van der Waals surface area contributed by atoms with Crippen molar-refractivity contribution in [1.29, 1.82) is 0 Å². The van der Waals surface area contributed by atoms with Crippen molar-refractivity contribution in [3.05, 3.63) is 90.0 Å². The average Bonchev–Trinajstić information content (AvgIpc) is 2.79. The van der Waals surface area contributed by atoms with Gasteiger partial charge in [-0.2, -0.15) is 0 Å². The van der Waals surface area contributed by atoms with E-state index in [2.05, 4.69) is 10.0 Å². The minimum atomic E-state index is -3.59. The summed E-state index contributed by atoms with van der Waals surface area (Å²) in [6.07, 6.45) is 0.812. The lowest BCUT2D eigenvalue weighted by molar-refractivity contribution is -0.116. The predicted molar refractivity (Wildman–Crippen MR) is 121 cm³/mol. The molecule has 0 aliphatic carbocycles. The first-order valence-electron chi connectivity index (χ1n) is 10.1. The number of hydrogen-bond acceptors (Lipinski definition) is 4. The van der Waals surface area contributed by atoms with Crippen LogP contribution in [0.2, 0.25) is 0 Å². The van der Waals surface area contributed by atoms with E-state index in [0.717, 1.165) is 16.9 Å². The highest BCUT2D eigenvalue weighted by molar-refractivity contribution is 7.89. The molecule has 6 nitrogen and oxygen atoms in total. The number of sulfonamides is 1. The highest BCUT2D eigenvalue weighted by Gasteiger charge is 2.13. The number of nitrogens with one attached hydrogen (secondary N) is 2. The lowest BCUT2D eigenvalue weighted by Crippen LogP contribution is -2.23. The highest BCUT2D eigenvalue weighted by atomic mass is 32.2. The first-order valence-corrected chi connectivity index (χ1v) is 11.6. The molecule has 0 spiro atoms. The molecule has 162 valence electrons. The number of ether oxygens (including phenoxy) is 1. The van der Waals surface area contributed by atoms with Crippen LogP contribution in [0.1, 0.15) is 24.5 Å². The molecule has 3 aromatic carbocycles. The Bertz CT molecular complexity index is 1080. The molecule has 31 heavy (non-hydrogen) atoms. The number of rotatable bonds is 10. The Morgan fingerprint density at radius 1 is 0.871 bits per heavy atom. The van der Waals surface area contributed by atoms with Crippen LogP contribution in [0.4, 0.5) is 5.69 Å². The largest absolute Gasteiger partial charge is 0.494 e. The van der Waals surface area contributed by atoms with E-state index in [-0.39, 0.29) is 17.3 Å². The minimum Gasteiger partial charge on any atom is -0.494 e. The zero-order chi connectivity index (χ0) is 22.1. The summed E-state index contributed by atoms with van der Waals surface area (Å²) >= 11 is 0. The molecule has 3 rings (SSSR count). The summed E-state index contributed by atoms with van der Waals surface area (Å²) in [6, 6.07) is 23.2. The number of amides is 1. The van der Waals surface area contributed by atoms with Crippen molar-refractivity contribution < 1.29 is 17.9 Å². The smallest absolute Gasteiger partial charge is 0.240 e. The lowest BCUT2D eigenvalue weighted by Gasteiger charge is -2.09. The summed E-state index contributed by atoms with van der Waals surface area (Å²) in [5.41, 5.74) is 2.49. The van der Waals surface area contributed by atoms with Crippen molar-refractivity contribution in [3.63, 3.8) is 0 Å². The van der Waals surface area contributed by atoms with Gasteiger partial charge < -0.3 is 10.1 Å². The van der Waals surface area contributed by atoms with Crippen LogP contribution < -0.4 is 14.8 Å². The number of carbonyl (C=O) groups excluding carboxylic acids is 1. The van der Waals surface area contributed by atoms with Gasteiger partial charge in [0.15, 0.2) is 0 Å². The molecule has 0 saturated carbocycles. The van der Waals surface area contributed by atoms with Gasteiger partial charge in [0.05, 0.1) is 11.5 Å². The number of benzene rings is 3. The van der Waals surface area contributed by atoms with Gasteiger partial charge in [-0.15, -0.1) is 0 Å².